The van der Waals surface area contributed by atoms with Crippen molar-refractivity contribution in [1.29, 1.82) is 0 Å². The first-order valence-corrected chi connectivity index (χ1v) is 13.2. The summed E-state index contributed by atoms with van der Waals surface area (Å²) in [7, 11) is 0. The Labute approximate surface area is 215 Å². The quantitative estimate of drug-likeness (QED) is 0.319. The van der Waals surface area contributed by atoms with Crippen LogP contribution in [-0.2, 0) is 4.79 Å². The highest BCUT2D eigenvalue weighted by molar-refractivity contribution is 7.99. The SMILES string of the molecule is Cc1nnc(SCCCCC(=O)N2CCN(C(=O)c3ccc(Cl)cc3)C(C)C2)n1-c1ccccc1. The van der Waals surface area contributed by atoms with Crippen molar-refractivity contribution < 1.29 is 9.59 Å². The number of para-hydroxylation sites is 1. The maximum atomic E-state index is 12.8. The maximum Gasteiger partial charge on any atom is 0.254 e. The normalized spacial score (nSPS) is 15.9. The van der Waals surface area contributed by atoms with E-state index in [0.29, 0.717) is 36.6 Å². The molecule has 1 aromatic heterocycles. The van der Waals surface area contributed by atoms with Crippen LogP contribution in [0.3, 0.4) is 0 Å². The Hall–Kier alpha value is -2.84. The van der Waals surface area contributed by atoms with Crippen molar-refractivity contribution >= 4 is 35.2 Å². The first-order chi connectivity index (χ1) is 16.9. The van der Waals surface area contributed by atoms with Crippen molar-refractivity contribution in [3.63, 3.8) is 0 Å². The second-order valence-electron chi connectivity index (χ2n) is 8.70. The van der Waals surface area contributed by atoms with E-state index in [1.54, 1.807) is 36.0 Å². The van der Waals surface area contributed by atoms with Crippen molar-refractivity contribution in [3.05, 3.63) is 71.0 Å². The van der Waals surface area contributed by atoms with Crippen molar-refractivity contribution in [1.82, 2.24) is 24.6 Å². The Bertz CT molecular complexity index is 1150. The molecule has 1 fully saturated rings. The predicted octanol–water partition coefficient (Wildman–Crippen LogP) is 4.86. The molecule has 2 amide bonds. The van der Waals surface area contributed by atoms with Crippen LogP contribution in [-0.4, -0.2) is 67.8 Å². The number of nitrogens with zero attached hydrogens (tertiary/aromatic N) is 5. The van der Waals surface area contributed by atoms with Crippen molar-refractivity contribution in [2.45, 2.75) is 44.3 Å². The molecule has 1 atom stereocenters. The Morgan fingerprint density at radius 3 is 2.49 bits per heavy atom. The molecule has 0 spiro atoms. The summed E-state index contributed by atoms with van der Waals surface area (Å²) in [5, 5.41) is 10.0. The van der Waals surface area contributed by atoms with Gasteiger partial charge in [0.05, 0.1) is 0 Å². The van der Waals surface area contributed by atoms with Crippen LogP contribution in [0.1, 0.15) is 42.4 Å². The fraction of sp³-hybridized carbons (Fsp3) is 0.385. The monoisotopic (exact) mass is 511 g/mol. The molecule has 4 rings (SSSR count). The van der Waals surface area contributed by atoms with Gasteiger partial charge in [-0.25, -0.2) is 0 Å². The fourth-order valence-electron chi connectivity index (χ4n) is 4.25. The molecule has 1 aliphatic rings. The Balaban J connectivity index is 1.21. The standard InChI is InChI=1S/C26H30ClN5O2S/c1-19-18-30(15-16-31(19)25(34)21-11-13-22(27)14-12-21)24(33)10-6-7-17-35-26-29-28-20(2)32(26)23-8-4-3-5-9-23/h3-5,8-9,11-14,19H,6-7,10,15-18H2,1-2H3. The van der Waals surface area contributed by atoms with Gasteiger partial charge < -0.3 is 9.80 Å². The maximum absolute atomic E-state index is 12.8. The molecule has 9 heteroatoms. The van der Waals surface area contributed by atoms with Gasteiger partial charge in [0, 0.05) is 54.1 Å². The first-order valence-electron chi connectivity index (χ1n) is 11.9. The van der Waals surface area contributed by atoms with E-state index in [0.717, 1.165) is 35.3 Å². The second-order valence-corrected chi connectivity index (χ2v) is 10.2. The third-order valence-electron chi connectivity index (χ3n) is 6.16. The van der Waals surface area contributed by atoms with Gasteiger partial charge in [-0.1, -0.05) is 41.6 Å². The molecule has 3 aromatic rings. The van der Waals surface area contributed by atoms with Gasteiger partial charge in [-0.15, -0.1) is 10.2 Å². The summed E-state index contributed by atoms with van der Waals surface area (Å²) < 4.78 is 2.06. The summed E-state index contributed by atoms with van der Waals surface area (Å²) in [5.74, 6) is 1.87. The predicted molar refractivity (Wildman–Crippen MR) is 139 cm³/mol. The van der Waals surface area contributed by atoms with Gasteiger partial charge in [-0.3, -0.25) is 14.2 Å². The molecule has 1 saturated heterocycles. The molecule has 0 N–H and O–H groups in total. The Morgan fingerprint density at radius 2 is 1.77 bits per heavy atom. The molecule has 1 unspecified atom stereocenters. The minimum absolute atomic E-state index is 0.0168. The third kappa shape index (κ3) is 6.24. The zero-order valence-corrected chi connectivity index (χ0v) is 21.6. The van der Waals surface area contributed by atoms with Gasteiger partial charge >= 0.3 is 0 Å². The summed E-state index contributed by atoms with van der Waals surface area (Å²) in [6.45, 7) is 5.61. The first kappa shape index (κ1) is 25.3. The van der Waals surface area contributed by atoms with Crippen LogP contribution in [0.15, 0.2) is 59.8 Å². The van der Waals surface area contributed by atoms with E-state index >= 15 is 0 Å². The molecule has 184 valence electrons. The van der Waals surface area contributed by atoms with E-state index in [9.17, 15) is 9.59 Å². The lowest BCUT2D eigenvalue weighted by atomic mass is 10.1. The molecular weight excluding hydrogens is 482 g/mol. The van der Waals surface area contributed by atoms with E-state index in [-0.39, 0.29) is 17.9 Å². The number of carbonyl (C=O) groups is 2. The molecule has 1 aliphatic heterocycles. The molecule has 0 bridgehead atoms. The highest BCUT2D eigenvalue weighted by atomic mass is 35.5. The van der Waals surface area contributed by atoms with Gasteiger partial charge in [0.15, 0.2) is 5.16 Å². The van der Waals surface area contributed by atoms with Gasteiger partial charge in [-0.2, -0.15) is 0 Å². The highest BCUT2D eigenvalue weighted by Gasteiger charge is 2.30. The van der Waals surface area contributed by atoms with Gasteiger partial charge in [0.1, 0.15) is 5.82 Å². The van der Waals surface area contributed by atoms with Crippen LogP contribution in [0.4, 0.5) is 0 Å². The zero-order valence-electron chi connectivity index (χ0n) is 20.1. The number of benzene rings is 2. The largest absolute Gasteiger partial charge is 0.339 e. The van der Waals surface area contributed by atoms with Crippen LogP contribution < -0.4 is 0 Å². The average Bonchev–Trinajstić information content (AvgIpc) is 3.24. The number of thioether (sulfide) groups is 1. The highest BCUT2D eigenvalue weighted by Crippen LogP contribution is 2.23. The molecule has 2 aromatic carbocycles. The summed E-state index contributed by atoms with van der Waals surface area (Å²) in [5.41, 5.74) is 1.67. The van der Waals surface area contributed by atoms with Crippen molar-refractivity contribution in [3.8, 4) is 5.69 Å². The lowest BCUT2D eigenvalue weighted by Gasteiger charge is -2.40. The van der Waals surface area contributed by atoms with Gasteiger partial charge in [0.25, 0.3) is 5.91 Å². The number of amides is 2. The number of aryl methyl sites for hydroxylation is 1. The van der Waals surface area contributed by atoms with Crippen LogP contribution in [0.5, 0.6) is 0 Å². The lowest BCUT2D eigenvalue weighted by molar-refractivity contribution is -0.133. The van der Waals surface area contributed by atoms with Gasteiger partial charge in [0.2, 0.25) is 5.91 Å². The molecule has 0 saturated carbocycles. The van der Waals surface area contributed by atoms with E-state index in [4.69, 9.17) is 11.6 Å². The van der Waals surface area contributed by atoms with Crippen molar-refractivity contribution in [2.75, 3.05) is 25.4 Å². The number of hydrogen-bond acceptors (Lipinski definition) is 5. The molecule has 7 nitrogen and oxygen atoms in total. The number of piperazine rings is 1. The van der Waals surface area contributed by atoms with E-state index in [2.05, 4.69) is 14.8 Å². The van der Waals surface area contributed by atoms with E-state index < -0.39 is 0 Å². The molecule has 0 radical (unpaired) electrons. The second kappa shape index (κ2) is 11.7. The number of rotatable bonds is 8. The van der Waals surface area contributed by atoms with Crippen LogP contribution in [0.25, 0.3) is 5.69 Å². The van der Waals surface area contributed by atoms with E-state index in [1.165, 1.54) is 0 Å². The Kier molecular flexibility index (Phi) is 8.46. The minimum Gasteiger partial charge on any atom is -0.339 e. The third-order valence-corrected chi connectivity index (χ3v) is 7.43. The van der Waals surface area contributed by atoms with E-state index in [1.807, 2.05) is 54.0 Å². The summed E-state index contributed by atoms with van der Waals surface area (Å²) in [4.78, 5) is 29.3. The average molecular weight is 512 g/mol. The smallest absolute Gasteiger partial charge is 0.254 e. The van der Waals surface area contributed by atoms with Crippen LogP contribution >= 0.6 is 23.4 Å². The number of unbranched alkanes of at least 4 members (excludes halogenated alkanes) is 1. The summed E-state index contributed by atoms with van der Waals surface area (Å²) in [6, 6.07) is 17.0. The fourth-order valence-corrected chi connectivity index (χ4v) is 5.38. The number of carbonyl (C=O) groups excluding carboxylic acids is 2. The van der Waals surface area contributed by atoms with Crippen LogP contribution in [0.2, 0.25) is 5.02 Å². The zero-order chi connectivity index (χ0) is 24.8. The number of hydrogen-bond donors (Lipinski definition) is 0. The summed E-state index contributed by atoms with van der Waals surface area (Å²) in [6.07, 6.45) is 2.26. The Morgan fingerprint density at radius 1 is 1.03 bits per heavy atom. The molecular formula is C26H30ClN5O2S. The topological polar surface area (TPSA) is 71.3 Å². The molecule has 2 heterocycles. The van der Waals surface area contributed by atoms with Crippen molar-refractivity contribution in [2.24, 2.45) is 0 Å². The minimum atomic E-state index is -0.0287. The number of aromatic nitrogens is 3. The summed E-state index contributed by atoms with van der Waals surface area (Å²) >= 11 is 7.60. The molecule has 35 heavy (non-hydrogen) atoms. The number of halogens is 1. The lowest BCUT2D eigenvalue weighted by Crippen LogP contribution is -2.55. The van der Waals surface area contributed by atoms with Crippen LogP contribution in [0, 0.1) is 6.92 Å². The molecule has 0 aliphatic carbocycles. The van der Waals surface area contributed by atoms with Gasteiger partial charge in [-0.05, 0) is 63.1 Å².